The van der Waals surface area contributed by atoms with Gasteiger partial charge in [-0.3, -0.25) is 19.0 Å². The van der Waals surface area contributed by atoms with Gasteiger partial charge in [0.05, 0.1) is 28.7 Å². The zero-order valence-corrected chi connectivity index (χ0v) is 20.7. The van der Waals surface area contributed by atoms with Crippen molar-refractivity contribution >= 4 is 55.7 Å². The number of pyridine rings is 2. The predicted octanol–water partition coefficient (Wildman–Crippen LogP) is 5.17. The van der Waals surface area contributed by atoms with Crippen molar-refractivity contribution in [1.82, 2.24) is 9.38 Å². The summed E-state index contributed by atoms with van der Waals surface area (Å²) in [7, 11) is 0. The van der Waals surface area contributed by atoms with Crippen molar-refractivity contribution in [3.05, 3.63) is 94.9 Å². The highest BCUT2D eigenvalue weighted by Crippen LogP contribution is 2.34. The number of fused-ring (bicyclic) bond motifs is 5. The average Bonchev–Trinajstić information content (AvgIpc) is 3.26. The van der Waals surface area contributed by atoms with Crippen LogP contribution in [0.1, 0.15) is 24.2 Å². The van der Waals surface area contributed by atoms with Gasteiger partial charge >= 0.3 is 5.97 Å². The van der Waals surface area contributed by atoms with E-state index < -0.39 is 12.1 Å². The van der Waals surface area contributed by atoms with Crippen molar-refractivity contribution in [2.75, 3.05) is 11.9 Å². The van der Waals surface area contributed by atoms with Gasteiger partial charge in [-0.2, -0.15) is 0 Å². The van der Waals surface area contributed by atoms with Crippen molar-refractivity contribution < 1.29 is 19.1 Å². The highest BCUT2D eigenvalue weighted by atomic mass is 16.5. The molecule has 6 aromatic rings. The van der Waals surface area contributed by atoms with E-state index in [0.29, 0.717) is 22.4 Å². The third kappa shape index (κ3) is 3.78. The summed E-state index contributed by atoms with van der Waals surface area (Å²) >= 11 is 0. The predicted molar refractivity (Wildman–Crippen MR) is 146 cm³/mol. The van der Waals surface area contributed by atoms with Crippen LogP contribution in [-0.2, 0) is 9.53 Å². The van der Waals surface area contributed by atoms with Gasteiger partial charge in [-0.1, -0.05) is 24.3 Å². The molecule has 3 heterocycles. The van der Waals surface area contributed by atoms with Crippen LogP contribution >= 0.6 is 0 Å². The minimum Gasteiger partial charge on any atom is -0.481 e. The second-order valence-electron chi connectivity index (χ2n) is 8.97. The fourth-order valence-electron chi connectivity index (χ4n) is 4.86. The molecule has 0 aliphatic heterocycles. The zero-order chi connectivity index (χ0) is 26.4. The fourth-order valence-corrected chi connectivity index (χ4v) is 4.86. The Labute approximate surface area is 216 Å². The number of rotatable bonds is 6. The number of esters is 1. The number of ether oxygens (including phenoxy) is 2. The van der Waals surface area contributed by atoms with E-state index in [4.69, 9.17) is 9.47 Å². The van der Waals surface area contributed by atoms with Crippen LogP contribution in [0.2, 0.25) is 0 Å². The van der Waals surface area contributed by atoms with Gasteiger partial charge in [0.2, 0.25) is 0 Å². The molecule has 0 aliphatic carbocycles. The second-order valence-corrected chi connectivity index (χ2v) is 8.97. The molecule has 0 radical (unpaired) electrons. The summed E-state index contributed by atoms with van der Waals surface area (Å²) in [6, 6.07) is 21.3. The SMILES string of the molecule is CCOC(=O)c1cccc(NC(=O)[C@@H](C)Oc2ccc3c(c2)c2ccnc4c5ccccc5c(=O)n3c24)c1. The molecule has 1 amide bonds. The van der Waals surface area contributed by atoms with E-state index in [0.717, 1.165) is 32.7 Å². The molecule has 8 heteroatoms. The van der Waals surface area contributed by atoms with Gasteiger partial charge in [-0.25, -0.2) is 4.79 Å². The lowest BCUT2D eigenvalue weighted by Gasteiger charge is -2.15. The Kier molecular flexibility index (Phi) is 5.64. The summed E-state index contributed by atoms with van der Waals surface area (Å²) in [5.74, 6) is -0.338. The Hall–Kier alpha value is -4.98. The van der Waals surface area contributed by atoms with Crippen LogP contribution in [0, 0.1) is 0 Å². The molecule has 1 atom stereocenters. The second kappa shape index (κ2) is 9.15. The molecule has 0 fully saturated rings. The van der Waals surface area contributed by atoms with Crippen LogP contribution in [0.15, 0.2) is 83.8 Å². The number of hydrogen-bond acceptors (Lipinski definition) is 6. The lowest BCUT2D eigenvalue weighted by molar-refractivity contribution is -0.122. The van der Waals surface area contributed by atoms with Crippen molar-refractivity contribution in [1.29, 1.82) is 0 Å². The summed E-state index contributed by atoms with van der Waals surface area (Å²) in [5.41, 5.74) is 2.97. The summed E-state index contributed by atoms with van der Waals surface area (Å²) in [5, 5.41) is 5.91. The Morgan fingerprint density at radius 1 is 0.947 bits per heavy atom. The molecule has 6 rings (SSSR count). The Balaban J connectivity index is 1.32. The number of nitrogens with one attached hydrogen (secondary N) is 1. The van der Waals surface area contributed by atoms with Gasteiger partial charge < -0.3 is 14.8 Å². The quantitative estimate of drug-likeness (QED) is 0.248. The number of amides is 1. The molecular weight excluding hydrogens is 482 g/mol. The van der Waals surface area contributed by atoms with E-state index >= 15 is 0 Å². The van der Waals surface area contributed by atoms with Gasteiger partial charge in [0.25, 0.3) is 11.5 Å². The molecule has 3 aromatic carbocycles. The Morgan fingerprint density at radius 2 is 1.76 bits per heavy atom. The first-order valence-corrected chi connectivity index (χ1v) is 12.3. The van der Waals surface area contributed by atoms with Crippen LogP contribution in [-0.4, -0.2) is 34.0 Å². The van der Waals surface area contributed by atoms with Crippen molar-refractivity contribution in [2.45, 2.75) is 20.0 Å². The average molecular weight is 506 g/mol. The number of hydrogen-bond donors (Lipinski definition) is 1. The number of carbonyl (C=O) groups excluding carboxylic acids is 2. The Morgan fingerprint density at radius 3 is 2.58 bits per heavy atom. The smallest absolute Gasteiger partial charge is 0.338 e. The Bertz CT molecular complexity index is 1930. The molecule has 0 spiro atoms. The van der Waals surface area contributed by atoms with Gasteiger partial charge in [0, 0.05) is 33.4 Å². The number of benzene rings is 3. The normalized spacial score (nSPS) is 12.3. The monoisotopic (exact) mass is 505 g/mol. The molecule has 0 unspecified atom stereocenters. The molecule has 8 nitrogen and oxygen atoms in total. The van der Waals surface area contributed by atoms with Gasteiger partial charge in [0.15, 0.2) is 6.10 Å². The first kappa shape index (κ1) is 23.4. The van der Waals surface area contributed by atoms with Crippen LogP contribution in [0.4, 0.5) is 5.69 Å². The first-order chi connectivity index (χ1) is 18.5. The fraction of sp³-hybridized carbons (Fsp3) is 0.133. The molecule has 0 aliphatic rings. The van der Waals surface area contributed by atoms with Gasteiger partial charge in [0.1, 0.15) is 5.75 Å². The maximum Gasteiger partial charge on any atom is 0.338 e. The van der Waals surface area contributed by atoms with Gasteiger partial charge in [-0.15, -0.1) is 0 Å². The lowest BCUT2D eigenvalue weighted by atomic mass is 10.1. The largest absolute Gasteiger partial charge is 0.481 e. The zero-order valence-electron chi connectivity index (χ0n) is 20.7. The van der Waals surface area contributed by atoms with Crippen LogP contribution in [0.25, 0.3) is 38.1 Å². The van der Waals surface area contributed by atoms with E-state index in [2.05, 4.69) is 10.3 Å². The topological polar surface area (TPSA) is 99.0 Å². The third-order valence-corrected chi connectivity index (χ3v) is 6.59. The lowest BCUT2D eigenvalue weighted by Crippen LogP contribution is -2.30. The molecule has 3 aromatic heterocycles. The molecular formula is C30H23N3O5. The van der Waals surface area contributed by atoms with Crippen molar-refractivity contribution in [3.63, 3.8) is 0 Å². The number of nitrogens with zero attached hydrogens (tertiary/aromatic N) is 2. The maximum atomic E-state index is 13.4. The van der Waals surface area contributed by atoms with Crippen molar-refractivity contribution in [2.24, 2.45) is 0 Å². The van der Waals surface area contributed by atoms with Crippen molar-refractivity contribution in [3.8, 4) is 5.75 Å². The molecule has 0 bridgehead atoms. The minimum absolute atomic E-state index is 0.104. The number of carbonyl (C=O) groups is 2. The number of aromatic nitrogens is 2. The van der Waals surface area contributed by atoms with Gasteiger partial charge in [-0.05, 0) is 62.4 Å². The third-order valence-electron chi connectivity index (χ3n) is 6.59. The minimum atomic E-state index is -0.828. The van der Waals surface area contributed by atoms with Crippen LogP contribution in [0.5, 0.6) is 5.75 Å². The standard InChI is InChI=1S/C30H23N3O5/c1-3-37-30(36)18-7-6-8-19(15-18)32-28(34)17(2)38-20-11-12-25-24(16-20)22-13-14-31-26-21-9-4-5-10-23(21)29(35)33(25)27(22)26/h4-17H,3H2,1-2H3,(H,32,34)/t17-/m1/s1. The summed E-state index contributed by atoms with van der Waals surface area (Å²) in [6.07, 6.45) is 0.910. The highest BCUT2D eigenvalue weighted by Gasteiger charge is 2.20. The van der Waals surface area contributed by atoms with E-state index in [1.807, 2.05) is 42.5 Å². The van der Waals surface area contributed by atoms with Crippen LogP contribution in [0.3, 0.4) is 0 Å². The van der Waals surface area contributed by atoms with E-state index in [1.54, 1.807) is 54.8 Å². The summed E-state index contributed by atoms with van der Waals surface area (Å²) in [4.78, 5) is 42.9. The highest BCUT2D eigenvalue weighted by molar-refractivity contribution is 6.18. The van der Waals surface area contributed by atoms with Crippen LogP contribution < -0.4 is 15.6 Å². The molecule has 1 N–H and O–H groups in total. The maximum absolute atomic E-state index is 13.4. The van der Waals surface area contributed by atoms with E-state index in [-0.39, 0.29) is 18.1 Å². The molecule has 0 saturated heterocycles. The van der Waals surface area contributed by atoms with E-state index in [1.165, 1.54) is 0 Å². The summed E-state index contributed by atoms with van der Waals surface area (Å²) < 4.78 is 12.7. The molecule has 0 saturated carbocycles. The summed E-state index contributed by atoms with van der Waals surface area (Å²) in [6.45, 7) is 3.65. The molecule has 188 valence electrons. The van der Waals surface area contributed by atoms with E-state index in [9.17, 15) is 14.4 Å². The first-order valence-electron chi connectivity index (χ1n) is 12.3. The molecule has 38 heavy (non-hydrogen) atoms. The number of anilines is 1.